The van der Waals surface area contributed by atoms with E-state index in [0.717, 1.165) is 11.1 Å². The molecule has 0 saturated carbocycles. The Kier molecular flexibility index (Phi) is 5.04. The van der Waals surface area contributed by atoms with Crippen molar-refractivity contribution in [2.45, 2.75) is 27.4 Å². The zero-order valence-electron chi connectivity index (χ0n) is 13.1. The van der Waals surface area contributed by atoms with Gasteiger partial charge in [-0.2, -0.15) is 0 Å². The molecule has 0 aliphatic carbocycles. The minimum Gasteiger partial charge on any atom is -0.507 e. The molecule has 0 heterocycles. The van der Waals surface area contributed by atoms with Crippen molar-refractivity contribution in [1.29, 1.82) is 0 Å². The lowest BCUT2D eigenvalue weighted by atomic mass is 10.0. The third kappa shape index (κ3) is 3.39. The SMILES string of the molecule is CCOC(=O)c1c(O)cc(OCc2ccccc2)c(C)c1C. The number of rotatable bonds is 5. The maximum Gasteiger partial charge on any atom is 0.342 e. The Morgan fingerprint density at radius 3 is 2.45 bits per heavy atom. The molecule has 0 unspecified atom stereocenters. The third-order valence-electron chi connectivity index (χ3n) is 3.55. The van der Waals surface area contributed by atoms with Crippen molar-refractivity contribution in [3.05, 3.63) is 58.7 Å². The molecule has 0 atom stereocenters. The molecular formula is C18H20O4. The van der Waals surface area contributed by atoms with Crippen molar-refractivity contribution in [3.8, 4) is 11.5 Å². The molecule has 4 heteroatoms. The highest BCUT2D eigenvalue weighted by atomic mass is 16.5. The van der Waals surface area contributed by atoms with Gasteiger partial charge in [-0.05, 0) is 37.5 Å². The van der Waals surface area contributed by atoms with Crippen LogP contribution in [0, 0.1) is 13.8 Å². The Hall–Kier alpha value is -2.49. The summed E-state index contributed by atoms with van der Waals surface area (Å²) in [5.41, 5.74) is 2.72. The summed E-state index contributed by atoms with van der Waals surface area (Å²) in [5, 5.41) is 10.1. The Balaban J connectivity index is 2.25. The molecule has 22 heavy (non-hydrogen) atoms. The van der Waals surface area contributed by atoms with Crippen LogP contribution in [0.25, 0.3) is 0 Å². The summed E-state index contributed by atoms with van der Waals surface area (Å²) in [6, 6.07) is 11.2. The second kappa shape index (κ2) is 6.98. The van der Waals surface area contributed by atoms with Crippen LogP contribution in [0.2, 0.25) is 0 Å². The Morgan fingerprint density at radius 1 is 1.14 bits per heavy atom. The molecule has 0 fully saturated rings. The average Bonchev–Trinajstić information content (AvgIpc) is 2.51. The molecule has 116 valence electrons. The molecule has 0 bridgehead atoms. The van der Waals surface area contributed by atoms with Gasteiger partial charge < -0.3 is 14.6 Å². The van der Waals surface area contributed by atoms with Crippen LogP contribution in [0.15, 0.2) is 36.4 Å². The van der Waals surface area contributed by atoms with Crippen molar-refractivity contribution in [2.24, 2.45) is 0 Å². The Morgan fingerprint density at radius 2 is 1.82 bits per heavy atom. The predicted molar refractivity (Wildman–Crippen MR) is 84.3 cm³/mol. The monoisotopic (exact) mass is 300 g/mol. The van der Waals surface area contributed by atoms with Crippen LogP contribution in [0.1, 0.15) is 34.0 Å². The molecule has 0 aliphatic rings. The summed E-state index contributed by atoms with van der Waals surface area (Å²) in [6.45, 7) is 6.03. The number of hydrogen-bond donors (Lipinski definition) is 1. The van der Waals surface area contributed by atoms with Crippen LogP contribution in [0.5, 0.6) is 11.5 Å². The number of carbonyl (C=O) groups excluding carboxylic acids is 1. The van der Waals surface area contributed by atoms with E-state index in [1.165, 1.54) is 6.07 Å². The van der Waals surface area contributed by atoms with Crippen molar-refractivity contribution in [1.82, 2.24) is 0 Å². The molecular weight excluding hydrogens is 280 g/mol. The molecule has 0 radical (unpaired) electrons. The van der Waals surface area contributed by atoms with E-state index in [-0.39, 0.29) is 17.9 Å². The predicted octanol–water partition coefficient (Wildman–Crippen LogP) is 3.76. The molecule has 4 nitrogen and oxygen atoms in total. The number of aromatic hydroxyl groups is 1. The van der Waals surface area contributed by atoms with Gasteiger partial charge in [0.25, 0.3) is 0 Å². The van der Waals surface area contributed by atoms with Gasteiger partial charge in [-0.1, -0.05) is 30.3 Å². The maximum absolute atomic E-state index is 11.9. The number of esters is 1. The molecule has 0 saturated heterocycles. The van der Waals surface area contributed by atoms with Gasteiger partial charge in [-0.3, -0.25) is 0 Å². The first-order valence-corrected chi connectivity index (χ1v) is 7.21. The first kappa shape index (κ1) is 15.9. The van der Waals surface area contributed by atoms with E-state index in [2.05, 4.69) is 0 Å². The van der Waals surface area contributed by atoms with Gasteiger partial charge in [0, 0.05) is 6.07 Å². The van der Waals surface area contributed by atoms with E-state index in [1.807, 2.05) is 37.3 Å². The quantitative estimate of drug-likeness (QED) is 0.854. The van der Waals surface area contributed by atoms with Gasteiger partial charge >= 0.3 is 5.97 Å². The molecule has 0 aromatic heterocycles. The summed E-state index contributed by atoms with van der Waals surface area (Å²) in [7, 11) is 0. The second-order valence-electron chi connectivity index (χ2n) is 5.01. The van der Waals surface area contributed by atoms with Gasteiger partial charge in [0.2, 0.25) is 0 Å². The van der Waals surface area contributed by atoms with Crippen molar-refractivity contribution in [3.63, 3.8) is 0 Å². The van der Waals surface area contributed by atoms with Crippen LogP contribution in [0.3, 0.4) is 0 Å². The third-order valence-corrected chi connectivity index (χ3v) is 3.55. The van der Waals surface area contributed by atoms with E-state index in [4.69, 9.17) is 9.47 Å². The fraction of sp³-hybridized carbons (Fsp3) is 0.278. The second-order valence-corrected chi connectivity index (χ2v) is 5.01. The minimum absolute atomic E-state index is 0.121. The largest absolute Gasteiger partial charge is 0.507 e. The van der Waals surface area contributed by atoms with E-state index >= 15 is 0 Å². The van der Waals surface area contributed by atoms with Crippen LogP contribution < -0.4 is 4.74 Å². The van der Waals surface area contributed by atoms with Gasteiger partial charge in [0.1, 0.15) is 23.7 Å². The van der Waals surface area contributed by atoms with E-state index in [9.17, 15) is 9.90 Å². The van der Waals surface area contributed by atoms with Crippen LogP contribution >= 0.6 is 0 Å². The summed E-state index contributed by atoms with van der Waals surface area (Å²) in [6.07, 6.45) is 0. The van der Waals surface area contributed by atoms with Gasteiger partial charge in [0.05, 0.1) is 6.61 Å². The molecule has 2 aromatic rings. The zero-order valence-corrected chi connectivity index (χ0v) is 13.1. The first-order valence-electron chi connectivity index (χ1n) is 7.21. The van der Waals surface area contributed by atoms with Crippen LogP contribution in [0.4, 0.5) is 0 Å². The highest BCUT2D eigenvalue weighted by Gasteiger charge is 2.20. The van der Waals surface area contributed by atoms with E-state index in [0.29, 0.717) is 17.9 Å². The van der Waals surface area contributed by atoms with Crippen LogP contribution in [-0.2, 0) is 11.3 Å². The normalized spacial score (nSPS) is 10.3. The number of benzene rings is 2. The van der Waals surface area contributed by atoms with Crippen molar-refractivity contribution < 1.29 is 19.4 Å². The molecule has 2 aromatic carbocycles. The van der Waals surface area contributed by atoms with Gasteiger partial charge in [0.15, 0.2) is 0 Å². The lowest BCUT2D eigenvalue weighted by Crippen LogP contribution is -2.09. The fourth-order valence-electron chi connectivity index (χ4n) is 2.22. The Labute approximate surface area is 130 Å². The summed E-state index contributed by atoms with van der Waals surface area (Å²) >= 11 is 0. The summed E-state index contributed by atoms with van der Waals surface area (Å²) < 4.78 is 10.7. The highest BCUT2D eigenvalue weighted by Crippen LogP contribution is 2.33. The number of ether oxygens (including phenoxy) is 2. The standard InChI is InChI=1S/C18H20O4/c1-4-21-18(20)17-13(3)12(2)16(10-15(17)19)22-11-14-8-6-5-7-9-14/h5-10,19H,4,11H2,1-3H3. The van der Waals surface area contributed by atoms with E-state index < -0.39 is 5.97 Å². The van der Waals surface area contributed by atoms with E-state index in [1.54, 1.807) is 13.8 Å². The highest BCUT2D eigenvalue weighted by molar-refractivity contribution is 5.94. The van der Waals surface area contributed by atoms with Crippen LogP contribution in [-0.4, -0.2) is 17.7 Å². The molecule has 2 rings (SSSR count). The number of hydrogen-bond acceptors (Lipinski definition) is 4. The number of phenols is 1. The van der Waals surface area contributed by atoms with Crippen molar-refractivity contribution in [2.75, 3.05) is 6.61 Å². The minimum atomic E-state index is -0.518. The lowest BCUT2D eigenvalue weighted by Gasteiger charge is -2.15. The number of phenolic OH excluding ortho intramolecular Hbond substituents is 1. The van der Waals surface area contributed by atoms with Crippen molar-refractivity contribution >= 4 is 5.97 Å². The Bertz CT molecular complexity index is 663. The lowest BCUT2D eigenvalue weighted by molar-refractivity contribution is 0.0522. The topological polar surface area (TPSA) is 55.8 Å². The fourth-order valence-corrected chi connectivity index (χ4v) is 2.22. The number of carbonyl (C=O) groups is 1. The maximum atomic E-state index is 11.9. The summed E-state index contributed by atoms with van der Waals surface area (Å²) in [5.74, 6) is -0.0771. The average molecular weight is 300 g/mol. The molecule has 0 aliphatic heterocycles. The summed E-state index contributed by atoms with van der Waals surface area (Å²) in [4.78, 5) is 11.9. The molecule has 0 spiro atoms. The first-order chi connectivity index (χ1) is 10.5. The zero-order chi connectivity index (χ0) is 16.1. The van der Waals surface area contributed by atoms with Gasteiger partial charge in [-0.15, -0.1) is 0 Å². The smallest absolute Gasteiger partial charge is 0.342 e. The van der Waals surface area contributed by atoms with Gasteiger partial charge in [-0.25, -0.2) is 4.79 Å². The molecule has 0 amide bonds. The molecule has 1 N–H and O–H groups in total.